The molecule has 1 aromatic carbocycles. The number of anilines is 1. The van der Waals surface area contributed by atoms with Gasteiger partial charge in [0.25, 0.3) is 0 Å². The Balaban J connectivity index is 3.00. The Bertz CT molecular complexity index is 318. The zero-order chi connectivity index (χ0) is 9.14. The molecular weight excluding hydrogens is 265 g/mol. The standard InChI is InChI=1S/C7H4BrClFNS/c8-6-4(10)2-1-3-5(6)11-7(9)12/h1-3H,(H,11,12). The molecule has 0 saturated carbocycles. The van der Waals surface area contributed by atoms with Crippen LogP contribution in [0.3, 0.4) is 0 Å². The Kier molecular flexibility index (Phi) is 3.43. The second-order valence-electron chi connectivity index (χ2n) is 2.00. The first-order valence-electron chi connectivity index (χ1n) is 3.02. The second kappa shape index (κ2) is 4.16. The monoisotopic (exact) mass is 267 g/mol. The van der Waals surface area contributed by atoms with Gasteiger partial charge < -0.3 is 5.32 Å². The maximum atomic E-state index is 12.9. The van der Waals surface area contributed by atoms with Crippen LogP contribution < -0.4 is 5.32 Å². The Morgan fingerprint density at radius 1 is 1.58 bits per heavy atom. The van der Waals surface area contributed by atoms with E-state index in [1.54, 1.807) is 12.1 Å². The lowest BCUT2D eigenvalue weighted by molar-refractivity contribution is 0.622. The minimum atomic E-state index is -0.354. The molecule has 0 radical (unpaired) electrons. The fourth-order valence-corrected chi connectivity index (χ4v) is 1.28. The number of hydrogen-bond acceptors (Lipinski definition) is 1. The molecule has 1 nitrogen and oxygen atoms in total. The molecule has 5 heteroatoms. The van der Waals surface area contributed by atoms with Crippen molar-refractivity contribution < 1.29 is 4.39 Å². The minimum absolute atomic E-state index is 0.0845. The summed E-state index contributed by atoms with van der Waals surface area (Å²) in [5, 5.41) is 2.62. The quantitative estimate of drug-likeness (QED) is 0.475. The highest BCUT2D eigenvalue weighted by Gasteiger charge is 2.04. The van der Waals surface area contributed by atoms with E-state index < -0.39 is 0 Å². The molecule has 64 valence electrons. The van der Waals surface area contributed by atoms with Crippen LogP contribution in [0.1, 0.15) is 0 Å². The fourth-order valence-electron chi connectivity index (χ4n) is 0.706. The molecule has 1 rings (SSSR count). The third kappa shape index (κ3) is 2.40. The summed E-state index contributed by atoms with van der Waals surface area (Å²) in [6.45, 7) is 0. The van der Waals surface area contributed by atoms with Crippen LogP contribution in [0.15, 0.2) is 22.7 Å². The number of halogens is 3. The maximum absolute atomic E-state index is 12.9. The summed E-state index contributed by atoms with van der Waals surface area (Å²) in [5.74, 6) is -0.354. The van der Waals surface area contributed by atoms with Gasteiger partial charge in [-0.25, -0.2) is 4.39 Å². The van der Waals surface area contributed by atoms with Gasteiger partial charge in [0, 0.05) is 0 Å². The molecule has 0 amide bonds. The van der Waals surface area contributed by atoms with Gasteiger partial charge in [0.2, 0.25) is 0 Å². The Hall–Kier alpha value is -0.190. The molecule has 0 aliphatic rings. The van der Waals surface area contributed by atoms with Crippen molar-refractivity contribution in [3.63, 3.8) is 0 Å². The van der Waals surface area contributed by atoms with Crippen LogP contribution in [0.5, 0.6) is 0 Å². The molecule has 0 saturated heterocycles. The van der Waals surface area contributed by atoms with Crippen molar-refractivity contribution in [3.05, 3.63) is 28.5 Å². The summed E-state index contributed by atoms with van der Waals surface area (Å²) in [4.78, 5) is 0. The maximum Gasteiger partial charge on any atom is 0.171 e. The van der Waals surface area contributed by atoms with Gasteiger partial charge in [-0.2, -0.15) is 0 Å². The highest BCUT2D eigenvalue weighted by Crippen LogP contribution is 2.25. The Morgan fingerprint density at radius 2 is 2.25 bits per heavy atom. The van der Waals surface area contributed by atoms with Crippen LogP contribution in [0.4, 0.5) is 10.1 Å². The molecule has 0 aliphatic carbocycles. The fraction of sp³-hybridized carbons (Fsp3) is 0. The summed E-state index contributed by atoms with van der Waals surface area (Å²) in [5.41, 5.74) is 0.523. The van der Waals surface area contributed by atoms with Crippen molar-refractivity contribution in [3.8, 4) is 0 Å². The zero-order valence-electron chi connectivity index (χ0n) is 5.77. The van der Waals surface area contributed by atoms with Gasteiger partial charge in [-0.15, -0.1) is 0 Å². The van der Waals surface area contributed by atoms with E-state index in [2.05, 4.69) is 33.5 Å². The second-order valence-corrected chi connectivity index (χ2v) is 3.80. The summed E-state index contributed by atoms with van der Waals surface area (Å²) >= 11 is 13.1. The van der Waals surface area contributed by atoms with E-state index in [0.29, 0.717) is 10.2 Å². The van der Waals surface area contributed by atoms with E-state index in [4.69, 9.17) is 11.6 Å². The molecule has 1 N–H and O–H groups in total. The average Bonchev–Trinajstić information content (AvgIpc) is 1.98. The van der Waals surface area contributed by atoms with E-state index in [9.17, 15) is 4.39 Å². The molecule has 0 atom stereocenters. The van der Waals surface area contributed by atoms with Gasteiger partial charge >= 0.3 is 0 Å². The predicted molar refractivity (Wildman–Crippen MR) is 56.2 cm³/mol. The molecule has 0 heterocycles. The molecule has 0 aromatic heterocycles. The van der Waals surface area contributed by atoms with Gasteiger partial charge in [0.1, 0.15) is 5.82 Å². The number of nitrogens with one attached hydrogen (secondary N) is 1. The molecule has 12 heavy (non-hydrogen) atoms. The van der Waals surface area contributed by atoms with Gasteiger partial charge in [-0.05, 0) is 40.3 Å². The van der Waals surface area contributed by atoms with Gasteiger partial charge in [-0.1, -0.05) is 17.7 Å². The number of hydrogen-bond donors (Lipinski definition) is 1. The first kappa shape index (κ1) is 9.89. The summed E-state index contributed by atoms with van der Waals surface area (Å²) in [6, 6.07) is 4.58. The topological polar surface area (TPSA) is 12.0 Å². The SMILES string of the molecule is Fc1cccc(NC(=S)Cl)c1Br. The lowest BCUT2D eigenvalue weighted by Crippen LogP contribution is -2.01. The van der Waals surface area contributed by atoms with E-state index in [1.165, 1.54) is 6.07 Å². The van der Waals surface area contributed by atoms with Crippen molar-refractivity contribution in [1.82, 2.24) is 0 Å². The third-order valence-corrected chi connectivity index (χ3v) is 2.19. The molecule has 0 bridgehead atoms. The van der Waals surface area contributed by atoms with Crippen molar-refractivity contribution >= 4 is 49.9 Å². The molecule has 0 unspecified atom stereocenters. The van der Waals surface area contributed by atoms with Crippen molar-refractivity contribution in [2.45, 2.75) is 0 Å². The highest BCUT2D eigenvalue weighted by atomic mass is 79.9. The number of benzene rings is 1. The third-order valence-electron chi connectivity index (χ3n) is 1.18. The van der Waals surface area contributed by atoms with Gasteiger partial charge in [0.05, 0.1) is 10.2 Å². The number of thiocarbonyl (C=S) groups is 1. The van der Waals surface area contributed by atoms with Crippen LogP contribution in [-0.2, 0) is 0 Å². The normalized spacial score (nSPS) is 9.58. The van der Waals surface area contributed by atoms with Crippen LogP contribution in [0.25, 0.3) is 0 Å². The first-order valence-corrected chi connectivity index (χ1v) is 4.59. The minimum Gasteiger partial charge on any atom is -0.336 e. The van der Waals surface area contributed by atoms with Crippen LogP contribution >= 0.6 is 39.7 Å². The van der Waals surface area contributed by atoms with E-state index in [0.717, 1.165) is 0 Å². The molecule has 0 aliphatic heterocycles. The summed E-state index contributed by atoms with van der Waals surface area (Å²) < 4.78 is 13.3. The smallest absolute Gasteiger partial charge is 0.171 e. The molecule has 0 fully saturated rings. The van der Waals surface area contributed by atoms with Crippen molar-refractivity contribution in [2.24, 2.45) is 0 Å². The van der Waals surface area contributed by atoms with E-state index in [1.807, 2.05) is 0 Å². The average molecular weight is 269 g/mol. The summed E-state index contributed by atoms with van der Waals surface area (Å²) in [6.07, 6.45) is 0. The zero-order valence-corrected chi connectivity index (χ0v) is 8.93. The summed E-state index contributed by atoms with van der Waals surface area (Å²) in [7, 11) is 0. The first-order chi connectivity index (χ1) is 5.61. The van der Waals surface area contributed by atoms with Crippen LogP contribution in [0, 0.1) is 5.82 Å². The molecular formula is C7H4BrClFNS. The molecule has 0 spiro atoms. The van der Waals surface area contributed by atoms with Crippen LogP contribution in [0.2, 0.25) is 0 Å². The van der Waals surface area contributed by atoms with Gasteiger partial charge in [0.15, 0.2) is 4.45 Å². The van der Waals surface area contributed by atoms with Crippen molar-refractivity contribution in [1.29, 1.82) is 0 Å². The largest absolute Gasteiger partial charge is 0.336 e. The Morgan fingerprint density at radius 3 is 2.83 bits per heavy atom. The Labute approximate surface area is 88.0 Å². The lowest BCUT2D eigenvalue weighted by Gasteiger charge is -2.04. The van der Waals surface area contributed by atoms with Gasteiger partial charge in [-0.3, -0.25) is 0 Å². The lowest BCUT2D eigenvalue weighted by atomic mass is 10.3. The van der Waals surface area contributed by atoms with Crippen molar-refractivity contribution in [2.75, 3.05) is 5.32 Å². The van der Waals surface area contributed by atoms with Crippen LogP contribution in [-0.4, -0.2) is 4.45 Å². The number of rotatable bonds is 1. The van der Waals surface area contributed by atoms with E-state index >= 15 is 0 Å². The predicted octanol–water partition coefficient (Wildman–Crippen LogP) is 3.52. The highest BCUT2D eigenvalue weighted by molar-refractivity contribution is 9.10. The molecule has 1 aromatic rings. The van der Waals surface area contributed by atoms with E-state index in [-0.39, 0.29) is 10.3 Å².